The lowest BCUT2D eigenvalue weighted by Crippen LogP contribution is -2.39. The van der Waals surface area contributed by atoms with Crippen LogP contribution in [0.4, 0.5) is 5.69 Å². The summed E-state index contributed by atoms with van der Waals surface area (Å²) < 4.78 is 0. The van der Waals surface area contributed by atoms with Crippen LogP contribution in [-0.4, -0.2) is 39.8 Å². The van der Waals surface area contributed by atoms with Crippen LogP contribution < -0.4 is 5.32 Å². The molecule has 32 heavy (non-hydrogen) atoms. The summed E-state index contributed by atoms with van der Waals surface area (Å²) in [6.45, 7) is 0.889. The molecule has 6 rings (SSSR count). The fourth-order valence-electron chi connectivity index (χ4n) is 4.93. The zero-order valence-electron chi connectivity index (χ0n) is 17.3. The van der Waals surface area contributed by atoms with Gasteiger partial charge in [-0.15, -0.1) is 0 Å². The van der Waals surface area contributed by atoms with Gasteiger partial charge < -0.3 is 10.2 Å². The highest BCUT2D eigenvalue weighted by atomic mass is 16.2. The van der Waals surface area contributed by atoms with E-state index in [2.05, 4.69) is 10.3 Å². The Balaban J connectivity index is 1.41. The molecule has 2 aromatic heterocycles. The number of aromatic nitrogens is 2. The number of nitrogens with one attached hydrogen (secondary N) is 1. The van der Waals surface area contributed by atoms with E-state index in [4.69, 9.17) is 4.98 Å². The van der Waals surface area contributed by atoms with Gasteiger partial charge in [-0.2, -0.15) is 0 Å². The number of carbonyl (C=O) groups excluding carboxylic acids is 2. The van der Waals surface area contributed by atoms with Crippen molar-refractivity contribution in [3.63, 3.8) is 0 Å². The highest BCUT2D eigenvalue weighted by Crippen LogP contribution is 2.44. The van der Waals surface area contributed by atoms with Gasteiger partial charge in [-0.1, -0.05) is 42.5 Å². The van der Waals surface area contributed by atoms with Crippen LogP contribution in [0.15, 0.2) is 79.0 Å². The maximum Gasteiger partial charge on any atom is 0.254 e. The number of likely N-dealkylation sites (tertiary alicyclic amines) is 1. The zero-order chi connectivity index (χ0) is 21.7. The highest BCUT2D eigenvalue weighted by Gasteiger charge is 2.52. The molecule has 2 amide bonds. The molecule has 1 unspecified atom stereocenters. The molecule has 2 aromatic carbocycles. The normalized spacial score (nSPS) is 19.4. The predicted octanol–water partition coefficient (Wildman–Crippen LogP) is 4.03. The Kier molecular flexibility index (Phi) is 4.08. The molecule has 0 radical (unpaired) electrons. The second-order valence-electron chi connectivity index (χ2n) is 8.35. The van der Waals surface area contributed by atoms with Crippen LogP contribution in [0, 0.1) is 0 Å². The molecule has 2 aliphatic rings. The Morgan fingerprint density at radius 1 is 0.969 bits per heavy atom. The maximum atomic E-state index is 13.7. The number of anilines is 1. The summed E-state index contributed by atoms with van der Waals surface area (Å²) in [5.41, 5.74) is 3.85. The number of hydrogen-bond donors (Lipinski definition) is 1. The van der Waals surface area contributed by atoms with Gasteiger partial charge in [0.1, 0.15) is 0 Å². The molecule has 156 valence electrons. The van der Waals surface area contributed by atoms with E-state index < -0.39 is 5.41 Å². The third kappa shape index (κ3) is 2.73. The number of rotatable bonds is 2. The van der Waals surface area contributed by atoms with Crippen molar-refractivity contribution < 1.29 is 9.59 Å². The minimum absolute atomic E-state index is 0.0252. The molecule has 4 aromatic rings. The van der Waals surface area contributed by atoms with Gasteiger partial charge in [-0.25, -0.2) is 4.98 Å². The van der Waals surface area contributed by atoms with Gasteiger partial charge in [0.2, 0.25) is 5.91 Å². The molecule has 6 heteroatoms. The lowest BCUT2D eigenvalue weighted by molar-refractivity contribution is -0.120. The molecule has 2 aliphatic heterocycles. The Hall–Kier alpha value is -4.06. The molecule has 0 bridgehead atoms. The SMILES string of the molecule is O=C(c1cc(-c2ccccn2)nc2ccccc12)N1CCC2(C1)C(=O)Nc1ccccc12. The zero-order valence-corrected chi connectivity index (χ0v) is 17.3. The van der Waals surface area contributed by atoms with E-state index in [0.717, 1.165) is 22.2 Å². The third-order valence-corrected chi connectivity index (χ3v) is 6.56. The molecule has 0 saturated carbocycles. The topological polar surface area (TPSA) is 75.2 Å². The van der Waals surface area contributed by atoms with E-state index in [0.29, 0.717) is 36.5 Å². The first-order valence-electron chi connectivity index (χ1n) is 10.7. The molecule has 4 heterocycles. The number of hydrogen-bond acceptors (Lipinski definition) is 4. The van der Waals surface area contributed by atoms with E-state index in [1.165, 1.54) is 0 Å². The van der Waals surface area contributed by atoms with Crippen molar-refractivity contribution in [3.05, 3.63) is 90.1 Å². The second-order valence-corrected chi connectivity index (χ2v) is 8.35. The van der Waals surface area contributed by atoms with Crippen LogP contribution in [0.5, 0.6) is 0 Å². The lowest BCUT2D eigenvalue weighted by atomic mass is 9.81. The number of amides is 2. The van der Waals surface area contributed by atoms with Crippen molar-refractivity contribution in [2.45, 2.75) is 11.8 Å². The smallest absolute Gasteiger partial charge is 0.254 e. The fraction of sp³-hybridized carbons (Fsp3) is 0.154. The fourth-order valence-corrected chi connectivity index (χ4v) is 4.93. The summed E-state index contributed by atoms with van der Waals surface area (Å²) in [4.78, 5) is 37.6. The van der Waals surface area contributed by atoms with Crippen molar-refractivity contribution in [2.24, 2.45) is 0 Å². The molecule has 1 spiro atoms. The van der Waals surface area contributed by atoms with Crippen LogP contribution in [0.25, 0.3) is 22.3 Å². The van der Waals surface area contributed by atoms with Gasteiger partial charge in [0.05, 0.1) is 27.9 Å². The number of para-hydroxylation sites is 2. The van der Waals surface area contributed by atoms with Gasteiger partial charge in [-0.3, -0.25) is 14.6 Å². The van der Waals surface area contributed by atoms with E-state index in [1.807, 2.05) is 72.8 Å². The summed E-state index contributed by atoms with van der Waals surface area (Å²) in [5.74, 6) is -0.113. The Bertz CT molecular complexity index is 1390. The summed E-state index contributed by atoms with van der Waals surface area (Å²) in [7, 11) is 0. The number of carbonyl (C=O) groups is 2. The molecule has 1 atom stereocenters. The third-order valence-electron chi connectivity index (χ3n) is 6.56. The number of pyridine rings is 2. The largest absolute Gasteiger partial charge is 0.337 e. The summed E-state index contributed by atoms with van der Waals surface area (Å²) in [6, 6.07) is 22.9. The molecular formula is C26H20N4O2. The van der Waals surface area contributed by atoms with E-state index in [1.54, 1.807) is 11.1 Å². The average Bonchev–Trinajstić information content (AvgIpc) is 3.41. The number of nitrogens with zero attached hydrogens (tertiary/aromatic N) is 3. The summed E-state index contributed by atoms with van der Waals surface area (Å²) >= 11 is 0. The molecule has 1 fully saturated rings. The van der Waals surface area contributed by atoms with Gasteiger partial charge in [0.25, 0.3) is 5.91 Å². The minimum Gasteiger partial charge on any atom is -0.337 e. The van der Waals surface area contributed by atoms with Crippen LogP contribution in [0.3, 0.4) is 0 Å². The van der Waals surface area contributed by atoms with E-state index >= 15 is 0 Å². The van der Waals surface area contributed by atoms with Crippen molar-refractivity contribution in [2.75, 3.05) is 18.4 Å². The molecule has 6 nitrogen and oxygen atoms in total. The Labute approximate surface area is 184 Å². The Morgan fingerprint density at radius 3 is 2.66 bits per heavy atom. The van der Waals surface area contributed by atoms with E-state index in [-0.39, 0.29) is 11.8 Å². The molecular weight excluding hydrogens is 400 g/mol. The molecule has 1 N–H and O–H groups in total. The first-order valence-corrected chi connectivity index (χ1v) is 10.7. The first kappa shape index (κ1) is 18.7. The summed E-state index contributed by atoms with van der Waals surface area (Å²) in [5, 5.41) is 3.79. The van der Waals surface area contributed by atoms with Crippen molar-refractivity contribution in [3.8, 4) is 11.4 Å². The van der Waals surface area contributed by atoms with Gasteiger partial charge in [0.15, 0.2) is 0 Å². The average molecular weight is 420 g/mol. The van der Waals surface area contributed by atoms with Crippen LogP contribution in [-0.2, 0) is 10.2 Å². The number of benzene rings is 2. The second kappa shape index (κ2) is 6.99. The van der Waals surface area contributed by atoms with Crippen molar-refractivity contribution in [1.82, 2.24) is 14.9 Å². The Morgan fingerprint density at radius 2 is 1.78 bits per heavy atom. The van der Waals surface area contributed by atoms with Crippen LogP contribution in [0.2, 0.25) is 0 Å². The van der Waals surface area contributed by atoms with Crippen LogP contribution in [0.1, 0.15) is 22.3 Å². The lowest BCUT2D eigenvalue weighted by Gasteiger charge is -2.23. The first-order chi connectivity index (χ1) is 15.7. The van der Waals surface area contributed by atoms with Crippen molar-refractivity contribution in [1.29, 1.82) is 0 Å². The number of fused-ring (bicyclic) bond motifs is 3. The predicted molar refractivity (Wildman–Crippen MR) is 122 cm³/mol. The molecule has 1 saturated heterocycles. The maximum absolute atomic E-state index is 13.7. The van der Waals surface area contributed by atoms with Crippen LogP contribution >= 0.6 is 0 Å². The van der Waals surface area contributed by atoms with Crippen molar-refractivity contribution >= 4 is 28.4 Å². The van der Waals surface area contributed by atoms with Gasteiger partial charge in [0, 0.05) is 30.4 Å². The monoisotopic (exact) mass is 420 g/mol. The van der Waals surface area contributed by atoms with Gasteiger partial charge >= 0.3 is 0 Å². The quantitative estimate of drug-likeness (QED) is 0.531. The highest BCUT2D eigenvalue weighted by molar-refractivity contribution is 6.10. The van der Waals surface area contributed by atoms with Gasteiger partial charge in [-0.05, 0) is 42.3 Å². The van der Waals surface area contributed by atoms with E-state index in [9.17, 15) is 9.59 Å². The molecule has 0 aliphatic carbocycles. The standard InChI is InChI=1S/C26H20N4O2/c31-24(30-14-12-26(16-30)19-8-2-4-10-21(19)29-25(26)32)18-15-23(22-11-5-6-13-27-22)28-20-9-3-1-7-17(18)20/h1-11,13,15H,12,14,16H2,(H,29,32). The minimum atomic E-state index is -0.682. The summed E-state index contributed by atoms with van der Waals surface area (Å²) in [6.07, 6.45) is 2.33.